The van der Waals surface area contributed by atoms with Crippen LogP contribution in [0.2, 0.25) is 0 Å². The second kappa shape index (κ2) is 6.29. The van der Waals surface area contributed by atoms with Gasteiger partial charge < -0.3 is 10.4 Å². The molecule has 2 aromatic rings. The first-order valence-electron chi connectivity index (χ1n) is 5.78. The van der Waals surface area contributed by atoms with E-state index in [1.807, 2.05) is 0 Å². The summed E-state index contributed by atoms with van der Waals surface area (Å²) >= 11 is 3.22. The van der Waals surface area contributed by atoms with Gasteiger partial charge in [-0.2, -0.15) is 0 Å². The largest absolute Gasteiger partial charge is 0.479 e. The fourth-order valence-corrected chi connectivity index (χ4v) is 1.88. The van der Waals surface area contributed by atoms with Gasteiger partial charge in [-0.25, -0.2) is 9.78 Å². The summed E-state index contributed by atoms with van der Waals surface area (Å²) < 4.78 is 0.742. The van der Waals surface area contributed by atoms with Gasteiger partial charge in [0.2, 0.25) is 0 Å². The van der Waals surface area contributed by atoms with E-state index in [0.29, 0.717) is 5.56 Å². The number of carbonyl (C=O) groups excluding carboxylic acids is 1. The number of carboxylic acids is 1. The van der Waals surface area contributed by atoms with Crippen LogP contribution < -0.4 is 5.32 Å². The van der Waals surface area contributed by atoms with E-state index in [4.69, 9.17) is 0 Å². The number of benzene rings is 1. The lowest BCUT2D eigenvalue weighted by atomic mass is 10.1. The summed E-state index contributed by atoms with van der Waals surface area (Å²) in [5, 5.41) is 11.7. The molecule has 1 amide bonds. The van der Waals surface area contributed by atoms with Crippen molar-refractivity contribution >= 4 is 27.8 Å². The maximum Gasteiger partial charge on any atom is 0.330 e. The third-order valence-electron chi connectivity index (χ3n) is 2.62. The molecule has 0 aliphatic rings. The lowest BCUT2D eigenvalue weighted by molar-refractivity contribution is -0.139. The van der Waals surface area contributed by atoms with Crippen LogP contribution in [0.25, 0.3) is 0 Å². The van der Waals surface area contributed by atoms with Gasteiger partial charge in [0.15, 0.2) is 6.04 Å². The lowest BCUT2D eigenvalue weighted by Crippen LogP contribution is -2.34. The van der Waals surface area contributed by atoms with Crippen LogP contribution in [0, 0.1) is 0 Å². The molecule has 0 bridgehead atoms. The van der Waals surface area contributed by atoms with Crippen LogP contribution in [-0.4, -0.2) is 22.0 Å². The Labute approximate surface area is 123 Å². The summed E-state index contributed by atoms with van der Waals surface area (Å²) in [6.07, 6.45) is 1.48. The van der Waals surface area contributed by atoms with E-state index in [-0.39, 0.29) is 5.69 Å². The summed E-state index contributed by atoms with van der Waals surface area (Å²) in [7, 11) is 0. The number of pyridine rings is 1. The molecule has 2 N–H and O–H groups in total. The van der Waals surface area contributed by atoms with Crippen LogP contribution in [0.1, 0.15) is 22.1 Å². The van der Waals surface area contributed by atoms with Crippen LogP contribution in [-0.2, 0) is 4.79 Å². The lowest BCUT2D eigenvalue weighted by Gasteiger charge is -2.14. The van der Waals surface area contributed by atoms with Gasteiger partial charge >= 0.3 is 5.97 Å². The van der Waals surface area contributed by atoms with Gasteiger partial charge in [0, 0.05) is 10.7 Å². The van der Waals surface area contributed by atoms with Crippen molar-refractivity contribution in [3.63, 3.8) is 0 Å². The molecule has 0 fully saturated rings. The normalized spacial score (nSPS) is 11.7. The number of nitrogens with zero attached hydrogens (tertiary/aromatic N) is 1. The van der Waals surface area contributed by atoms with Crippen LogP contribution in [0.5, 0.6) is 0 Å². The van der Waals surface area contributed by atoms with Crippen LogP contribution in [0.15, 0.2) is 53.1 Å². The van der Waals surface area contributed by atoms with Gasteiger partial charge in [0.25, 0.3) is 5.91 Å². The minimum atomic E-state index is -1.12. The summed E-state index contributed by atoms with van der Waals surface area (Å²) in [6, 6.07) is 10.6. The third kappa shape index (κ3) is 3.42. The molecule has 0 saturated carbocycles. The maximum absolute atomic E-state index is 12.0. The van der Waals surface area contributed by atoms with E-state index in [9.17, 15) is 14.7 Å². The number of rotatable bonds is 4. The first-order chi connectivity index (χ1) is 9.58. The summed E-state index contributed by atoms with van der Waals surface area (Å²) in [5.41, 5.74) is 0.667. The van der Waals surface area contributed by atoms with E-state index in [0.717, 1.165) is 4.47 Å². The molecule has 0 unspecified atom stereocenters. The van der Waals surface area contributed by atoms with Gasteiger partial charge in [0.05, 0.1) is 0 Å². The van der Waals surface area contributed by atoms with E-state index >= 15 is 0 Å². The molecule has 6 heteroatoms. The minimum absolute atomic E-state index is 0.162. The molecule has 0 aliphatic heterocycles. The molecular formula is C14H11BrN2O3. The topological polar surface area (TPSA) is 79.3 Å². The highest BCUT2D eigenvalue weighted by molar-refractivity contribution is 9.10. The molecule has 0 radical (unpaired) electrons. The zero-order valence-corrected chi connectivity index (χ0v) is 11.9. The fourth-order valence-electron chi connectivity index (χ4n) is 1.65. The quantitative estimate of drug-likeness (QED) is 0.899. The Hall–Kier alpha value is -2.21. The van der Waals surface area contributed by atoms with Crippen molar-refractivity contribution < 1.29 is 14.7 Å². The molecule has 1 atom stereocenters. The highest BCUT2D eigenvalue weighted by Gasteiger charge is 2.22. The van der Waals surface area contributed by atoms with E-state index in [1.54, 1.807) is 36.4 Å². The highest BCUT2D eigenvalue weighted by Crippen LogP contribution is 2.14. The number of amides is 1. The van der Waals surface area contributed by atoms with E-state index in [1.165, 1.54) is 12.3 Å². The number of carboxylic acid groups (broad SMARTS) is 1. The zero-order valence-electron chi connectivity index (χ0n) is 10.3. The van der Waals surface area contributed by atoms with Crippen LogP contribution in [0.3, 0.4) is 0 Å². The molecule has 2 rings (SSSR count). The Morgan fingerprint density at radius 1 is 1.15 bits per heavy atom. The number of carbonyl (C=O) groups is 2. The number of halogens is 1. The van der Waals surface area contributed by atoms with Crippen molar-refractivity contribution in [1.29, 1.82) is 0 Å². The molecule has 5 nitrogen and oxygen atoms in total. The summed E-state index contributed by atoms with van der Waals surface area (Å²) in [4.78, 5) is 27.2. The minimum Gasteiger partial charge on any atom is -0.479 e. The van der Waals surface area contributed by atoms with Crippen LogP contribution in [0.4, 0.5) is 0 Å². The molecule has 1 aromatic carbocycles. The molecule has 20 heavy (non-hydrogen) atoms. The van der Waals surface area contributed by atoms with Crippen LogP contribution >= 0.6 is 15.9 Å². The first kappa shape index (κ1) is 14.2. The van der Waals surface area contributed by atoms with Crippen molar-refractivity contribution in [2.45, 2.75) is 6.04 Å². The second-order valence-corrected chi connectivity index (χ2v) is 4.93. The van der Waals surface area contributed by atoms with Gasteiger partial charge in [-0.15, -0.1) is 0 Å². The average Bonchev–Trinajstić information content (AvgIpc) is 2.46. The molecular weight excluding hydrogens is 324 g/mol. The summed E-state index contributed by atoms with van der Waals surface area (Å²) in [5.74, 6) is -1.66. The molecule has 102 valence electrons. The number of hydrogen-bond donors (Lipinski definition) is 2. The standard InChI is InChI=1S/C14H11BrN2O3/c15-10-6-7-11(16-8-10)13(18)17-12(14(19)20)9-4-2-1-3-5-9/h1-8,12H,(H,17,18)(H,19,20)/t12-/m0/s1. The molecule has 1 heterocycles. The third-order valence-corrected chi connectivity index (χ3v) is 3.08. The van der Waals surface area contributed by atoms with E-state index in [2.05, 4.69) is 26.2 Å². The van der Waals surface area contributed by atoms with Crippen molar-refractivity contribution in [2.24, 2.45) is 0 Å². The Morgan fingerprint density at radius 2 is 1.85 bits per heavy atom. The Balaban J connectivity index is 2.19. The smallest absolute Gasteiger partial charge is 0.330 e. The van der Waals surface area contributed by atoms with Gasteiger partial charge in [0.1, 0.15) is 5.69 Å². The maximum atomic E-state index is 12.0. The number of hydrogen-bond acceptors (Lipinski definition) is 3. The number of aromatic nitrogens is 1. The SMILES string of the molecule is O=C(N[C@H](C(=O)O)c1ccccc1)c1ccc(Br)cn1. The predicted octanol–water partition coefficient (Wildman–Crippen LogP) is 2.40. The van der Waals surface area contributed by atoms with Gasteiger partial charge in [-0.1, -0.05) is 30.3 Å². The molecule has 0 aliphatic carbocycles. The molecule has 1 aromatic heterocycles. The van der Waals surface area contributed by atoms with Crippen molar-refractivity contribution in [3.8, 4) is 0 Å². The Kier molecular flexibility index (Phi) is 4.47. The Bertz CT molecular complexity index is 614. The number of nitrogens with one attached hydrogen (secondary N) is 1. The summed E-state index contributed by atoms with van der Waals surface area (Å²) in [6.45, 7) is 0. The monoisotopic (exact) mass is 334 g/mol. The highest BCUT2D eigenvalue weighted by atomic mass is 79.9. The first-order valence-corrected chi connectivity index (χ1v) is 6.57. The van der Waals surface area contributed by atoms with Gasteiger partial charge in [-0.3, -0.25) is 4.79 Å². The van der Waals surface area contributed by atoms with Gasteiger partial charge in [-0.05, 0) is 33.6 Å². The van der Waals surface area contributed by atoms with Crippen molar-refractivity contribution in [1.82, 2.24) is 10.3 Å². The molecule has 0 spiro atoms. The van der Waals surface area contributed by atoms with Crippen molar-refractivity contribution in [3.05, 3.63) is 64.4 Å². The fraction of sp³-hybridized carbons (Fsp3) is 0.0714. The molecule has 0 saturated heterocycles. The predicted molar refractivity (Wildman–Crippen MR) is 76.2 cm³/mol. The van der Waals surface area contributed by atoms with E-state index < -0.39 is 17.9 Å². The zero-order chi connectivity index (χ0) is 14.5. The Morgan fingerprint density at radius 3 is 2.40 bits per heavy atom. The average molecular weight is 335 g/mol. The number of aliphatic carboxylic acids is 1. The van der Waals surface area contributed by atoms with Crippen molar-refractivity contribution in [2.75, 3.05) is 0 Å². The second-order valence-electron chi connectivity index (χ2n) is 4.02.